The third-order valence-corrected chi connectivity index (χ3v) is 4.15. The van der Waals surface area contributed by atoms with Crippen LogP contribution in [-0.2, 0) is 9.59 Å². The van der Waals surface area contributed by atoms with E-state index in [1.807, 2.05) is 6.07 Å². The van der Waals surface area contributed by atoms with E-state index < -0.39 is 11.9 Å². The van der Waals surface area contributed by atoms with E-state index in [-0.39, 0.29) is 18.4 Å². The molecule has 1 heterocycles. The van der Waals surface area contributed by atoms with Crippen molar-refractivity contribution in [2.45, 2.75) is 19.8 Å². The van der Waals surface area contributed by atoms with Gasteiger partial charge in [-0.1, -0.05) is 18.5 Å². The molecule has 0 saturated heterocycles. The number of carboxylic acid groups (broad SMARTS) is 1. The van der Waals surface area contributed by atoms with Crippen LogP contribution in [0.5, 0.6) is 0 Å². The highest BCUT2D eigenvalue weighted by Gasteiger charge is 2.23. The Labute approximate surface area is 115 Å². The van der Waals surface area contributed by atoms with Crippen LogP contribution in [0.2, 0.25) is 4.34 Å². The van der Waals surface area contributed by atoms with Gasteiger partial charge in [0.15, 0.2) is 0 Å². The van der Waals surface area contributed by atoms with Crippen molar-refractivity contribution < 1.29 is 14.7 Å². The van der Waals surface area contributed by atoms with Crippen LogP contribution in [0.15, 0.2) is 12.1 Å². The molecule has 0 aliphatic carbocycles. The summed E-state index contributed by atoms with van der Waals surface area (Å²) in [5, 5.41) is 8.82. The molecule has 0 radical (unpaired) electrons. The number of amides is 1. The first-order chi connectivity index (χ1) is 8.32. The first kappa shape index (κ1) is 15.0. The number of nitrogens with zero attached hydrogens (tertiary/aromatic N) is 1. The third kappa shape index (κ3) is 3.71. The van der Waals surface area contributed by atoms with E-state index in [0.29, 0.717) is 4.34 Å². The topological polar surface area (TPSA) is 57.6 Å². The maximum absolute atomic E-state index is 12.1. The standard InChI is InChI=1S/C12H16ClNO3S/c1-7(12(16)17)6-14(3)11(15)8(2)9-4-5-10(13)18-9/h4-5,7-8H,6H2,1-3H3,(H,16,17). The number of likely N-dealkylation sites (N-methyl/N-ethyl adjacent to an activating group) is 1. The van der Waals surface area contributed by atoms with Gasteiger partial charge in [0.25, 0.3) is 0 Å². The average Bonchev–Trinajstić information content (AvgIpc) is 2.73. The van der Waals surface area contributed by atoms with Crippen LogP contribution in [0.25, 0.3) is 0 Å². The third-order valence-electron chi connectivity index (χ3n) is 2.74. The van der Waals surface area contributed by atoms with Gasteiger partial charge in [-0.25, -0.2) is 0 Å². The number of carboxylic acids is 1. The van der Waals surface area contributed by atoms with E-state index in [9.17, 15) is 9.59 Å². The van der Waals surface area contributed by atoms with Crippen molar-refractivity contribution in [3.63, 3.8) is 0 Å². The summed E-state index contributed by atoms with van der Waals surface area (Å²) in [6, 6.07) is 3.58. The van der Waals surface area contributed by atoms with Gasteiger partial charge in [-0.3, -0.25) is 9.59 Å². The van der Waals surface area contributed by atoms with Crippen LogP contribution in [-0.4, -0.2) is 35.5 Å². The molecule has 2 atom stereocenters. The minimum Gasteiger partial charge on any atom is -0.481 e. The number of halogens is 1. The minimum absolute atomic E-state index is 0.0957. The SMILES string of the molecule is CC(CN(C)C(=O)C(C)c1ccc(Cl)s1)C(=O)O. The molecule has 1 aromatic rings. The Kier molecular flexibility index (Phi) is 5.16. The highest BCUT2D eigenvalue weighted by atomic mass is 35.5. The quantitative estimate of drug-likeness (QED) is 0.907. The monoisotopic (exact) mass is 289 g/mol. The summed E-state index contributed by atoms with van der Waals surface area (Å²) < 4.78 is 0.645. The van der Waals surface area contributed by atoms with Gasteiger partial charge in [0.2, 0.25) is 5.91 Å². The predicted molar refractivity (Wildman–Crippen MR) is 72.2 cm³/mol. The molecule has 0 saturated carbocycles. The summed E-state index contributed by atoms with van der Waals surface area (Å²) in [7, 11) is 1.62. The molecule has 0 aromatic carbocycles. The first-order valence-electron chi connectivity index (χ1n) is 5.56. The van der Waals surface area contributed by atoms with Gasteiger partial charge in [0.1, 0.15) is 0 Å². The summed E-state index contributed by atoms with van der Waals surface area (Å²) in [4.78, 5) is 25.2. The van der Waals surface area contributed by atoms with E-state index in [0.717, 1.165) is 4.88 Å². The highest BCUT2D eigenvalue weighted by Crippen LogP contribution is 2.29. The minimum atomic E-state index is -0.901. The fraction of sp³-hybridized carbons (Fsp3) is 0.500. The zero-order valence-corrected chi connectivity index (χ0v) is 12.1. The molecule has 4 nitrogen and oxygen atoms in total. The second-order valence-electron chi connectivity index (χ2n) is 4.32. The van der Waals surface area contributed by atoms with Gasteiger partial charge in [-0.2, -0.15) is 0 Å². The van der Waals surface area contributed by atoms with Crippen LogP contribution in [0.3, 0.4) is 0 Å². The maximum Gasteiger partial charge on any atom is 0.308 e. The first-order valence-corrected chi connectivity index (χ1v) is 6.75. The average molecular weight is 290 g/mol. The molecule has 1 N–H and O–H groups in total. The second-order valence-corrected chi connectivity index (χ2v) is 6.07. The summed E-state index contributed by atoms with van der Waals surface area (Å²) >= 11 is 7.20. The van der Waals surface area contributed by atoms with Crippen LogP contribution in [0, 0.1) is 5.92 Å². The molecule has 0 aliphatic rings. The van der Waals surface area contributed by atoms with Crippen LogP contribution in [0.1, 0.15) is 24.6 Å². The summed E-state index contributed by atoms with van der Waals surface area (Å²) in [5.41, 5.74) is 0. The summed E-state index contributed by atoms with van der Waals surface area (Å²) in [6.07, 6.45) is 0. The molecule has 1 rings (SSSR count). The number of hydrogen-bond donors (Lipinski definition) is 1. The molecular weight excluding hydrogens is 274 g/mol. The van der Waals surface area contributed by atoms with E-state index >= 15 is 0 Å². The van der Waals surface area contributed by atoms with Crippen molar-refractivity contribution in [1.29, 1.82) is 0 Å². The molecule has 0 bridgehead atoms. The Balaban J connectivity index is 2.66. The normalized spacial score (nSPS) is 14.0. The lowest BCUT2D eigenvalue weighted by Crippen LogP contribution is -2.36. The zero-order valence-electron chi connectivity index (χ0n) is 10.5. The molecule has 0 spiro atoms. The van der Waals surface area contributed by atoms with Crippen molar-refractivity contribution >= 4 is 34.8 Å². The number of thiophene rings is 1. The van der Waals surface area contributed by atoms with Gasteiger partial charge in [0, 0.05) is 18.5 Å². The van der Waals surface area contributed by atoms with E-state index in [4.69, 9.17) is 16.7 Å². The van der Waals surface area contributed by atoms with Crippen molar-refractivity contribution in [1.82, 2.24) is 4.90 Å². The Morgan fingerprint density at radius 1 is 1.44 bits per heavy atom. The van der Waals surface area contributed by atoms with Crippen molar-refractivity contribution in [2.24, 2.45) is 5.92 Å². The predicted octanol–water partition coefficient (Wildman–Crippen LogP) is 2.68. The van der Waals surface area contributed by atoms with Gasteiger partial charge < -0.3 is 10.0 Å². The Hall–Kier alpha value is -1.07. The van der Waals surface area contributed by atoms with Gasteiger partial charge >= 0.3 is 5.97 Å². The number of carbonyl (C=O) groups excluding carboxylic acids is 1. The highest BCUT2D eigenvalue weighted by molar-refractivity contribution is 7.16. The Morgan fingerprint density at radius 2 is 2.06 bits per heavy atom. The smallest absolute Gasteiger partial charge is 0.308 e. The number of rotatable bonds is 5. The Bertz CT molecular complexity index is 446. The van der Waals surface area contributed by atoms with Crippen molar-refractivity contribution in [3.8, 4) is 0 Å². The molecule has 100 valence electrons. The molecule has 0 fully saturated rings. The van der Waals surface area contributed by atoms with E-state index in [1.165, 1.54) is 16.2 Å². The number of aliphatic carboxylic acids is 1. The summed E-state index contributed by atoms with van der Waals surface area (Å²) in [5.74, 6) is -1.87. The van der Waals surface area contributed by atoms with Crippen molar-refractivity contribution in [3.05, 3.63) is 21.3 Å². The lowest BCUT2D eigenvalue weighted by molar-refractivity contribution is -0.142. The van der Waals surface area contributed by atoms with Crippen molar-refractivity contribution in [2.75, 3.05) is 13.6 Å². The second kappa shape index (κ2) is 6.20. The number of carbonyl (C=O) groups is 2. The summed E-state index contributed by atoms with van der Waals surface area (Å²) in [6.45, 7) is 3.59. The van der Waals surface area contributed by atoms with Gasteiger partial charge in [0.05, 0.1) is 16.2 Å². The van der Waals surface area contributed by atoms with Crippen LogP contribution < -0.4 is 0 Å². The van der Waals surface area contributed by atoms with Crippen LogP contribution in [0.4, 0.5) is 0 Å². The largest absolute Gasteiger partial charge is 0.481 e. The van der Waals surface area contributed by atoms with E-state index in [2.05, 4.69) is 0 Å². The number of hydrogen-bond acceptors (Lipinski definition) is 3. The van der Waals surface area contributed by atoms with Crippen LogP contribution >= 0.6 is 22.9 Å². The fourth-order valence-electron chi connectivity index (χ4n) is 1.59. The van der Waals surface area contributed by atoms with Gasteiger partial charge in [-0.15, -0.1) is 11.3 Å². The zero-order chi connectivity index (χ0) is 13.9. The molecule has 1 aromatic heterocycles. The maximum atomic E-state index is 12.1. The molecule has 2 unspecified atom stereocenters. The molecule has 0 aliphatic heterocycles. The van der Waals surface area contributed by atoms with Gasteiger partial charge in [-0.05, 0) is 19.1 Å². The lowest BCUT2D eigenvalue weighted by Gasteiger charge is -2.22. The van der Waals surface area contributed by atoms with E-state index in [1.54, 1.807) is 27.0 Å². The lowest BCUT2D eigenvalue weighted by atomic mass is 10.1. The Morgan fingerprint density at radius 3 is 2.50 bits per heavy atom. The molecule has 18 heavy (non-hydrogen) atoms. The molecule has 1 amide bonds. The molecule has 6 heteroatoms. The fourth-order valence-corrected chi connectivity index (χ4v) is 2.70. The molecular formula is C12H16ClNO3S.